The Morgan fingerprint density at radius 3 is 3.05 bits per heavy atom. The number of nitrogens with zero attached hydrogens (tertiary/aromatic N) is 3. The van der Waals surface area contributed by atoms with Gasteiger partial charge in [-0.05, 0) is 36.6 Å². The number of rotatable bonds is 4. The van der Waals surface area contributed by atoms with Crippen LogP contribution >= 0.6 is 0 Å². The molecule has 5 nitrogen and oxygen atoms in total. The molecule has 0 aliphatic heterocycles. The van der Waals surface area contributed by atoms with E-state index in [9.17, 15) is 4.79 Å². The third kappa shape index (κ3) is 2.86. The van der Waals surface area contributed by atoms with Crippen LogP contribution in [0.5, 0.6) is 0 Å². The number of hydrogen-bond acceptors (Lipinski definition) is 4. The van der Waals surface area contributed by atoms with E-state index in [0.717, 1.165) is 17.5 Å². The van der Waals surface area contributed by atoms with Crippen LogP contribution in [0, 0.1) is 17.2 Å². The Hall–Kier alpha value is -2.61. The Kier molecular flexibility index (Phi) is 3.68. The molecule has 0 spiro atoms. The van der Waals surface area contributed by atoms with E-state index in [1.807, 2.05) is 26.2 Å². The molecule has 1 aromatic carbocycles. The Labute approximate surface area is 129 Å². The lowest BCUT2D eigenvalue weighted by atomic mass is 10.1. The van der Waals surface area contributed by atoms with Crippen molar-refractivity contribution in [3.05, 3.63) is 53.3 Å². The summed E-state index contributed by atoms with van der Waals surface area (Å²) in [6, 6.07) is 9.24. The van der Waals surface area contributed by atoms with Crippen LogP contribution < -0.4 is 0 Å². The van der Waals surface area contributed by atoms with Gasteiger partial charge in [-0.25, -0.2) is 0 Å². The van der Waals surface area contributed by atoms with Gasteiger partial charge in [-0.3, -0.25) is 9.48 Å². The smallest absolute Gasteiger partial charge is 0.310 e. The predicted octanol–water partition coefficient (Wildman–Crippen LogP) is 2.70. The van der Waals surface area contributed by atoms with Crippen LogP contribution in [0.15, 0.2) is 36.7 Å². The summed E-state index contributed by atoms with van der Waals surface area (Å²) in [6.07, 6.45) is 4.21. The van der Waals surface area contributed by atoms with Crippen LogP contribution in [0.2, 0.25) is 0 Å². The number of carbonyl (C=O) groups is 1. The number of nitriles is 1. The van der Waals surface area contributed by atoms with Crippen molar-refractivity contribution in [3.8, 4) is 6.07 Å². The highest BCUT2D eigenvalue weighted by Gasteiger charge is 2.46. The summed E-state index contributed by atoms with van der Waals surface area (Å²) in [4.78, 5) is 12.2. The third-order valence-electron chi connectivity index (χ3n) is 4.02. The second-order valence-corrected chi connectivity index (χ2v) is 5.71. The zero-order chi connectivity index (χ0) is 15.7. The minimum Gasteiger partial charge on any atom is -0.458 e. The lowest BCUT2D eigenvalue weighted by Crippen LogP contribution is -2.11. The zero-order valence-electron chi connectivity index (χ0n) is 12.6. The van der Waals surface area contributed by atoms with E-state index in [2.05, 4.69) is 11.2 Å². The molecule has 1 saturated carbocycles. The van der Waals surface area contributed by atoms with Crippen LogP contribution in [-0.4, -0.2) is 15.7 Å². The van der Waals surface area contributed by atoms with E-state index in [1.165, 1.54) is 0 Å². The molecular weight excluding hydrogens is 278 g/mol. The highest BCUT2D eigenvalue weighted by atomic mass is 16.5. The van der Waals surface area contributed by atoms with Crippen molar-refractivity contribution in [1.29, 1.82) is 5.26 Å². The number of aromatic nitrogens is 2. The molecular formula is C17H17N3O2. The molecule has 1 aliphatic carbocycles. The van der Waals surface area contributed by atoms with Crippen molar-refractivity contribution < 1.29 is 9.53 Å². The van der Waals surface area contributed by atoms with Gasteiger partial charge in [-0.15, -0.1) is 0 Å². The highest BCUT2D eigenvalue weighted by Crippen LogP contribution is 2.48. The molecule has 1 heterocycles. The van der Waals surface area contributed by atoms with Crippen molar-refractivity contribution in [2.24, 2.45) is 13.0 Å². The maximum atomic E-state index is 12.2. The van der Waals surface area contributed by atoms with Crippen LogP contribution in [0.4, 0.5) is 0 Å². The fraction of sp³-hybridized carbons (Fsp3) is 0.353. The molecule has 1 aromatic heterocycles. The van der Waals surface area contributed by atoms with Crippen molar-refractivity contribution in [3.63, 3.8) is 0 Å². The maximum absolute atomic E-state index is 12.2. The van der Waals surface area contributed by atoms with Gasteiger partial charge in [0.15, 0.2) is 0 Å². The van der Waals surface area contributed by atoms with Gasteiger partial charge in [-0.2, -0.15) is 10.4 Å². The van der Waals surface area contributed by atoms with Crippen molar-refractivity contribution >= 4 is 5.97 Å². The minimum absolute atomic E-state index is 0.0780. The molecule has 5 heteroatoms. The fourth-order valence-electron chi connectivity index (χ4n) is 2.65. The van der Waals surface area contributed by atoms with Gasteiger partial charge in [-0.1, -0.05) is 12.1 Å². The summed E-state index contributed by atoms with van der Waals surface area (Å²) < 4.78 is 7.28. The first kappa shape index (κ1) is 14.3. The zero-order valence-corrected chi connectivity index (χ0v) is 12.6. The molecule has 3 atom stereocenters. The predicted molar refractivity (Wildman–Crippen MR) is 79.7 cm³/mol. The van der Waals surface area contributed by atoms with E-state index in [0.29, 0.717) is 5.56 Å². The Morgan fingerprint density at radius 1 is 1.55 bits per heavy atom. The van der Waals surface area contributed by atoms with Gasteiger partial charge >= 0.3 is 5.97 Å². The lowest BCUT2D eigenvalue weighted by molar-refractivity contribution is -0.150. The topological polar surface area (TPSA) is 67.9 Å². The summed E-state index contributed by atoms with van der Waals surface area (Å²) in [7, 11) is 1.86. The average Bonchev–Trinajstić information content (AvgIpc) is 3.22. The molecule has 0 bridgehead atoms. The monoisotopic (exact) mass is 295 g/mol. The standard InChI is InChI=1S/C17H17N3O2/c1-11(13-5-3-4-12(6-13)8-18)22-17(21)16-7-15(16)14-9-19-20(2)10-14/h3-6,9-11,15-16H,7H2,1-2H3. The number of ether oxygens (including phenoxy) is 1. The fourth-order valence-corrected chi connectivity index (χ4v) is 2.65. The number of carbonyl (C=O) groups excluding carboxylic acids is 1. The SMILES string of the molecule is CC(OC(=O)C1CC1c1cnn(C)c1)c1cccc(C#N)c1. The van der Waals surface area contributed by atoms with Crippen LogP contribution in [0.3, 0.4) is 0 Å². The minimum atomic E-state index is -0.351. The summed E-state index contributed by atoms with van der Waals surface area (Å²) in [5, 5.41) is 13.1. The first-order valence-corrected chi connectivity index (χ1v) is 7.27. The quantitative estimate of drug-likeness (QED) is 0.813. The Balaban J connectivity index is 1.61. The second kappa shape index (κ2) is 5.64. The van der Waals surface area contributed by atoms with E-state index >= 15 is 0 Å². The van der Waals surface area contributed by atoms with Gasteiger partial charge in [0.2, 0.25) is 0 Å². The van der Waals surface area contributed by atoms with Gasteiger partial charge in [0.1, 0.15) is 6.10 Å². The van der Waals surface area contributed by atoms with E-state index in [1.54, 1.807) is 29.1 Å². The largest absolute Gasteiger partial charge is 0.458 e. The summed E-state index contributed by atoms with van der Waals surface area (Å²) in [5.41, 5.74) is 2.50. The first-order chi connectivity index (χ1) is 10.6. The maximum Gasteiger partial charge on any atom is 0.310 e. The molecule has 3 unspecified atom stereocenters. The second-order valence-electron chi connectivity index (χ2n) is 5.71. The molecule has 3 rings (SSSR count). The Morgan fingerprint density at radius 2 is 2.36 bits per heavy atom. The normalized spacial score (nSPS) is 21.0. The van der Waals surface area contributed by atoms with Crippen LogP contribution in [0.25, 0.3) is 0 Å². The molecule has 1 fully saturated rings. The van der Waals surface area contributed by atoms with Crippen LogP contribution in [-0.2, 0) is 16.6 Å². The van der Waals surface area contributed by atoms with Crippen molar-refractivity contribution in [2.75, 3.05) is 0 Å². The van der Waals surface area contributed by atoms with E-state index < -0.39 is 0 Å². The summed E-state index contributed by atoms with van der Waals surface area (Å²) in [6.45, 7) is 1.83. The molecule has 112 valence electrons. The molecule has 0 saturated heterocycles. The summed E-state index contributed by atoms with van der Waals surface area (Å²) >= 11 is 0. The van der Waals surface area contributed by atoms with Gasteiger partial charge < -0.3 is 4.74 Å². The molecule has 0 N–H and O–H groups in total. The van der Waals surface area contributed by atoms with Gasteiger partial charge in [0, 0.05) is 19.2 Å². The van der Waals surface area contributed by atoms with E-state index in [-0.39, 0.29) is 23.9 Å². The number of hydrogen-bond donors (Lipinski definition) is 0. The summed E-state index contributed by atoms with van der Waals surface area (Å²) in [5.74, 6) is -0.0339. The highest BCUT2D eigenvalue weighted by molar-refractivity contribution is 5.77. The lowest BCUT2D eigenvalue weighted by Gasteiger charge is -2.13. The molecule has 2 aromatic rings. The third-order valence-corrected chi connectivity index (χ3v) is 4.02. The molecule has 0 amide bonds. The number of aryl methyl sites for hydroxylation is 1. The molecule has 0 radical (unpaired) electrons. The van der Waals surface area contributed by atoms with Gasteiger partial charge in [0.25, 0.3) is 0 Å². The molecule has 1 aliphatic rings. The number of benzene rings is 1. The van der Waals surface area contributed by atoms with Crippen molar-refractivity contribution in [2.45, 2.75) is 25.4 Å². The van der Waals surface area contributed by atoms with Crippen LogP contribution in [0.1, 0.15) is 42.1 Å². The average molecular weight is 295 g/mol. The van der Waals surface area contributed by atoms with E-state index in [4.69, 9.17) is 10.00 Å². The first-order valence-electron chi connectivity index (χ1n) is 7.27. The Bertz CT molecular complexity index is 744. The van der Waals surface area contributed by atoms with Crippen molar-refractivity contribution in [1.82, 2.24) is 9.78 Å². The van der Waals surface area contributed by atoms with Gasteiger partial charge in [0.05, 0.1) is 23.7 Å². The number of esters is 1. The molecule has 22 heavy (non-hydrogen) atoms.